The molecule has 2 aromatic heterocycles. The first-order chi connectivity index (χ1) is 13.1. The summed E-state index contributed by atoms with van der Waals surface area (Å²) in [6, 6.07) is 10.7. The fourth-order valence-corrected chi connectivity index (χ4v) is 3.07. The standard InChI is InChI=1S/C19H19N3O4S/c1-24-14-9-13(10-15(25-2)18(14)26-3)21-12-6-7-17(20-11-12)22-19(23)16-5-4-8-27-16/h4-11,21H,1-3H3,(H,20,22,23). The number of carbonyl (C=O) groups excluding carboxylic acids is 1. The van der Waals surface area contributed by atoms with Crippen molar-refractivity contribution in [1.82, 2.24) is 4.98 Å². The number of thiophene rings is 1. The Morgan fingerprint density at radius 1 is 1.00 bits per heavy atom. The normalized spacial score (nSPS) is 10.2. The maximum absolute atomic E-state index is 12.1. The number of aromatic nitrogens is 1. The molecule has 3 rings (SSSR count). The molecule has 0 saturated heterocycles. The highest BCUT2D eigenvalue weighted by Gasteiger charge is 2.13. The molecule has 0 saturated carbocycles. The van der Waals surface area contributed by atoms with E-state index in [9.17, 15) is 4.79 Å². The Labute approximate surface area is 160 Å². The fraction of sp³-hybridized carbons (Fsp3) is 0.158. The number of rotatable bonds is 7. The lowest BCUT2D eigenvalue weighted by atomic mass is 10.2. The number of ether oxygens (including phenoxy) is 3. The molecule has 2 N–H and O–H groups in total. The van der Waals surface area contributed by atoms with Gasteiger partial charge in [0.2, 0.25) is 5.75 Å². The van der Waals surface area contributed by atoms with Gasteiger partial charge < -0.3 is 24.8 Å². The van der Waals surface area contributed by atoms with E-state index in [-0.39, 0.29) is 5.91 Å². The average molecular weight is 385 g/mol. The molecule has 0 aliphatic rings. The lowest BCUT2D eigenvalue weighted by molar-refractivity contribution is 0.103. The van der Waals surface area contributed by atoms with Gasteiger partial charge in [-0.3, -0.25) is 4.79 Å². The van der Waals surface area contributed by atoms with E-state index in [0.29, 0.717) is 27.9 Å². The predicted octanol–water partition coefficient (Wildman–Crippen LogP) is 4.16. The Balaban J connectivity index is 1.74. The van der Waals surface area contributed by atoms with Gasteiger partial charge in [-0.05, 0) is 23.6 Å². The highest BCUT2D eigenvalue weighted by molar-refractivity contribution is 7.12. The first kappa shape index (κ1) is 18.5. The summed E-state index contributed by atoms with van der Waals surface area (Å²) in [6.45, 7) is 0. The SMILES string of the molecule is COc1cc(Nc2ccc(NC(=O)c3cccs3)nc2)cc(OC)c1OC. The molecule has 0 bridgehead atoms. The third kappa shape index (κ3) is 4.29. The van der Waals surface area contributed by atoms with Crippen LogP contribution in [0.2, 0.25) is 0 Å². The van der Waals surface area contributed by atoms with Crippen LogP contribution in [0.15, 0.2) is 48.0 Å². The van der Waals surface area contributed by atoms with E-state index in [0.717, 1.165) is 11.4 Å². The Bertz CT molecular complexity index is 886. The molecular weight excluding hydrogens is 366 g/mol. The predicted molar refractivity (Wildman–Crippen MR) is 106 cm³/mol. The molecule has 0 atom stereocenters. The first-order valence-electron chi connectivity index (χ1n) is 8.02. The van der Waals surface area contributed by atoms with Gasteiger partial charge in [-0.1, -0.05) is 6.07 Å². The summed E-state index contributed by atoms with van der Waals surface area (Å²) in [5.74, 6) is 1.92. The molecule has 0 unspecified atom stereocenters. The minimum atomic E-state index is -0.178. The van der Waals surface area contributed by atoms with Crippen molar-refractivity contribution >= 4 is 34.4 Å². The van der Waals surface area contributed by atoms with Gasteiger partial charge >= 0.3 is 0 Å². The van der Waals surface area contributed by atoms with Crippen LogP contribution in [0.1, 0.15) is 9.67 Å². The van der Waals surface area contributed by atoms with Crippen LogP contribution in [-0.2, 0) is 0 Å². The molecule has 0 aliphatic carbocycles. The molecule has 140 valence electrons. The van der Waals surface area contributed by atoms with E-state index < -0.39 is 0 Å². The molecular formula is C19H19N3O4S. The van der Waals surface area contributed by atoms with Crippen molar-refractivity contribution in [2.75, 3.05) is 32.0 Å². The van der Waals surface area contributed by atoms with E-state index in [1.54, 1.807) is 51.8 Å². The minimum Gasteiger partial charge on any atom is -0.493 e. The second-order valence-electron chi connectivity index (χ2n) is 5.40. The first-order valence-corrected chi connectivity index (χ1v) is 8.90. The van der Waals surface area contributed by atoms with Crippen molar-refractivity contribution < 1.29 is 19.0 Å². The van der Waals surface area contributed by atoms with E-state index >= 15 is 0 Å². The van der Waals surface area contributed by atoms with Gasteiger partial charge in [-0.2, -0.15) is 0 Å². The monoisotopic (exact) mass is 385 g/mol. The third-order valence-corrected chi connectivity index (χ3v) is 4.57. The Hall–Kier alpha value is -3.26. The topological polar surface area (TPSA) is 81.7 Å². The number of pyridine rings is 1. The van der Waals surface area contributed by atoms with Crippen molar-refractivity contribution in [3.05, 3.63) is 52.9 Å². The van der Waals surface area contributed by atoms with Crippen molar-refractivity contribution in [3.63, 3.8) is 0 Å². The third-order valence-electron chi connectivity index (χ3n) is 3.70. The number of nitrogens with one attached hydrogen (secondary N) is 2. The number of hydrogen-bond donors (Lipinski definition) is 2. The van der Waals surface area contributed by atoms with E-state index in [1.807, 2.05) is 17.5 Å². The van der Waals surface area contributed by atoms with Gasteiger partial charge in [0.15, 0.2) is 11.5 Å². The smallest absolute Gasteiger partial charge is 0.266 e. The average Bonchev–Trinajstić information content (AvgIpc) is 3.23. The number of anilines is 3. The quantitative estimate of drug-likeness (QED) is 0.635. The number of carbonyl (C=O) groups is 1. The second kappa shape index (κ2) is 8.41. The summed E-state index contributed by atoms with van der Waals surface area (Å²) in [6.07, 6.45) is 1.63. The summed E-state index contributed by atoms with van der Waals surface area (Å²) in [7, 11) is 4.68. The van der Waals surface area contributed by atoms with Gasteiger partial charge in [-0.15, -0.1) is 11.3 Å². The molecule has 3 aromatic rings. The zero-order valence-corrected chi connectivity index (χ0v) is 15.9. The fourth-order valence-electron chi connectivity index (χ4n) is 2.45. The largest absolute Gasteiger partial charge is 0.493 e. The maximum atomic E-state index is 12.1. The summed E-state index contributed by atoms with van der Waals surface area (Å²) < 4.78 is 16.0. The number of nitrogens with zero attached hydrogens (tertiary/aromatic N) is 1. The molecule has 0 aliphatic heterocycles. The van der Waals surface area contributed by atoms with Crippen molar-refractivity contribution in [2.24, 2.45) is 0 Å². The molecule has 8 heteroatoms. The maximum Gasteiger partial charge on any atom is 0.266 e. The molecule has 1 aromatic carbocycles. The van der Waals surface area contributed by atoms with E-state index in [2.05, 4.69) is 15.6 Å². The van der Waals surface area contributed by atoms with Crippen LogP contribution in [-0.4, -0.2) is 32.2 Å². The van der Waals surface area contributed by atoms with Crippen LogP contribution in [0.3, 0.4) is 0 Å². The molecule has 27 heavy (non-hydrogen) atoms. The van der Waals surface area contributed by atoms with Gasteiger partial charge in [-0.25, -0.2) is 4.98 Å². The second-order valence-corrected chi connectivity index (χ2v) is 6.35. The van der Waals surface area contributed by atoms with Gasteiger partial charge in [0.25, 0.3) is 5.91 Å². The molecule has 0 fully saturated rings. The highest BCUT2D eigenvalue weighted by Crippen LogP contribution is 2.40. The lowest BCUT2D eigenvalue weighted by Crippen LogP contribution is -2.11. The summed E-state index contributed by atoms with van der Waals surface area (Å²) in [5, 5.41) is 7.84. The summed E-state index contributed by atoms with van der Waals surface area (Å²) in [5.41, 5.74) is 1.50. The minimum absolute atomic E-state index is 0.178. The molecule has 1 amide bonds. The van der Waals surface area contributed by atoms with Gasteiger partial charge in [0.05, 0.1) is 38.1 Å². The molecule has 0 radical (unpaired) electrons. The van der Waals surface area contributed by atoms with Gasteiger partial charge in [0, 0.05) is 17.8 Å². The van der Waals surface area contributed by atoms with E-state index in [1.165, 1.54) is 11.3 Å². The number of amides is 1. The van der Waals surface area contributed by atoms with Crippen LogP contribution in [0.4, 0.5) is 17.2 Å². The van der Waals surface area contributed by atoms with Crippen LogP contribution < -0.4 is 24.8 Å². The van der Waals surface area contributed by atoms with Crippen LogP contribution in [0.25, 0.3) is 0 Å². The highest BCUT2D eigenvalue weighted by atomic mass is 32.1. The van der Waals surface area contributed by atoms with Crippen LogP contribution in [0.5, 0.6) is 17.2 Å². The molecule has 2 heterocycles. The van der Waals surface area contributed by atoms with Crippen molar-refractivity contribution in [1.29, 1.82) is 0 Å². The number of benzene rings is 1. The molecule has 7 nitrogen and oxygen atoms in total. The zero-order chi connectivity index (χ0) is 19.2. The molecule has 0 spiro atoms. The van der Waals surface area contributed by atoms with Crippen molar-refractivity contribution in [3.8, 4) is 17.2 Å². The Morgan fingerprint density at radius 3 is 2.26 bits per heavy atom. The van der Waals surface area contributed by atoms with Crippen molar-refractivity contribution in [2.45, 2.75) is 0 Å². The number of methoxy groups -OCH3 is 3. The van der Waals surface area contributed by atoms with E-state index in [4.69, 9.17) is 14.2 Å². The van der Waals surface area contributed by atoms with Crippen LogP contribution >= 0.6 is 11.3 Å². The van der Waals surface area contributed by atoms with Gasteiger partial charge in [0.1, 0.15) is 5.82 Å². The zero-order valence-electron chi connectivity index (χ0n) is 15.1. The lowest BCUT2D eigenvalue weighted by Gasteiger charge is -2.15. The van der Waals surface area contributed by atoms with Crippen LogP contribution in [0, 0.1) is 0 Å². The summed E-state index contributed by atoms with van der Waals surface area (Å²) >= 11 is 1.38. The summed E-state index contributed by atoms with van der Waals surface area (Å²) in [4.78, 5) is 17.0. The Morgan fingerprint density at radius 2 is 1.74 bits per heavy atom. The number of hydrogen-bond acceptors (Lipinski definition) is 7. The Kier molecular flexibility index (Phi) is 5.77.